The van der Waals surface area contributed by atoms with Crippen LogP contribution in [0, 0.1) is 6.92 Å². The number of nitrogens with one attached hydrogen (secondary N) is 1. The summed E-state index contributed by atoms with van der Waals surface area (Å²) in [5.41, 5.74) is 0.581. The van der Waals surface area contributed by atoms with E-state index in [2.05, 4.69) is 15.3 Å². The van der Waals surface area contributed by atoms with Crippen molar-refractivity contribution in [1.82, 2.24) is 9.97 Å². The van der Waals surface area contributed by atoms with E-state index in [9.17, 15) is 4.79 Å². The van der Waals surface area contributed by atoms with Gasteiger partial charge >= 0.3 is 5.97 Å². The van der Waals surface area contributed by atoms with Gasteiger partial charge in [0.2, 0.25) is 0 Å². The Balaban J connectivity index is 2.00. The molecule has 2 heterocycles. The molecule has 2 aromatic heterocycles. The molecule has 1 unspecified atom stereocenters. The fourth-order valence-electron chi connectivity index (χ4n) is 1.43. The number of carboxylic acid groups (broad SMARTS) is 1. The molecule has 1 atom stereocenters. The monoisotopic (exact) mass is 283 g/mol. The molecule has 0 spiro atoms. The van der Waals surface area contributed by atoms with Gasteiger partial charge in [0.25, 0.3) is 0 Å². The average Bonchev–Trinajstić information content (AvgIpc) is 2.87. The van der Waals surface area contributed by atoms with Crippen LogP contribution in [0.25, 0.3) is 0 Å². The number of nitrogens with zero attached hydrogens (tertiary/aromatic N) is 2. The summed E-state index contributed by atoms with van der Waals surface area (Å²) in [6, 6.07) is 0.0764. The van der Waals surface area contributed by atoms with Crippen molar-refractivity contribution >= 4 is 33.8 Å². The molecular formula is C11H13N3O2S2. The standard InChI is InChI=1S/C11H13N3O2S2/c1-6-4-12-10(18-6)7(2)13-11-14-8(5-17-11)3-9(15)16/h4-5,7H,3H2,1-2H3,(H,13,14)(H,15,16). The van der Waals surface area contributed by atoms with Crippen molar-refractivity contribution in [2.75, 3.05) is 5.32 Å². The molecule has 0 bridgehead atoms. The lowest BCUT2D eigenvalue weighted by molar-refractivity contribution is -0.136. The van der Waals surface area contributed by atoms with Crippen LogP contribution in [0.2, 0.25) is 0 Å². The third kappa shape index (κ3) is 3.27. The van der Waals surface area contributed by atoms with Crippen molar-refractivity contribution in [2.24, 2.45) is 0 Å². The summed E-state index contributed by atoms with van der Waals surface area (Å²) in [5.74, 6) is -0.865. The lowest BCUT2D eigenvalue weighted by atomic mass is 10.3. The van der Waals surface area contributed by atoms with Gasteiger partial charge in [-0.15, -0.1) is 22.7 Å². The van der Waals surface area contributed by atoms with Gasteiger partial charge in [0.15, 0.2) is 5.13 Å². The topological polar surface area (TPSA) is 75.1 Å². The lowest BCUT2D eigenvalue weighted by Crippen LogP contribution is -2.06. The van der Waals surface area contributed by atoms with Gasteiger partial charge in [-0.2, -0.15) is 0 Å². The summed E-state index contributed by atoms with van der Waals surface area (Å²) in [6.07, 6.45) is 1.80. The second-order valence-corrected chi connectivity index (χ2v) is 6.01. The summed E-state index contributed by atoms with van der Waals surface area (Å²) in [6.45, 7) is 4.03. The molecule has 0 fully saturated rings. The van der Waals surface area contributed by atoms with Gasteiger partial charge < -0.3 is 10.4 Å². The highest BCUT2D eigenvalue weighted by molar-refractivity contribution is 7.13. The second kappa shape index (κ2) is 5.45. The van der Waals surface area contributed by atoms with E-state index in [1.54, 1.807) is 16.7 Å². The van der Waals surface area contributed by atoms with Crippen molar-refractivity contribution in [3.05, 3.63) is 27.2 Å². The second-order valence-electron chi connectivity index (χ2n) is 3.89. The van der Waals surface area contributed by atoms with Gasteiger partial charge in [-0.1, -0.05) is 0 Å². The smallest absolute Gasteiger partial charge is 0.309 e. The van der Waals surface area contributed by atoms with Crippen LogP contribution in [0.1, 0.15) is 28.5 Å². The number of thiazole rings is 2. The van der Waals surface area contributed by atoms with Crippen LogP contribution in [-0.2, 0) is 11.2 Å². The minimum atomic E-state index is -0.865. The number of carbonyl (C=O) groups is 1. The molecule has 2 N–H and O–H groups in total. The number of anilines is 1. The van der Waals surface area contributed by atoms with Gasteiger partial charge in [0, 0.05) is 16.5 Å². The van der Waals surface area contributed by atoms with Crippen molar-refractivity contribution < 1.29 is 9.90 Å². The molecule has 0 amide bonds. The maximum Gasteiger partial charge on any atom is 0.309 e. The molecule has 0 aliphatic carbocycles. The van der Waals surface area contributed by atoms with E-state index in [4.69, 9.17) is 5.11 Å². The molecule has 0 aliphatic rings. The van der Waals surface area contributed by atoms with Crippen molar-refractivity contribution in [3.63, 3.8) is 0 Å². The molecule has 0 saturated carbocycles. The van der Waals surface area contributed by atoms with Crippen LogP contribution in [0.15, 0.2) is 11.6 Å². The molecule has 0 radical (unpaired) electrons. The first-order chi connectivity index (χ1) is 8.54. The highest BCUT2D eigenvalue weighted by atomic mass is 32.1. The molecule has 2 rings (SSSR count). The fourth-order valence-corrected chi connectivity index (χ4v) is 3.00. The van der Waals surface area contributed by atoms with Crippen molar-refractivity contribution in [1.29, 1.82) is 0 Å². The van der Waals surface area contributed by atoms with E-state index in [0.717, 1.165) is 10.1 Å². The number of aliphatic carboxylic acids is 1. The Bertz CT molecular complexity index is 550. The lowest BCUT2D eigenvalue weighted by Gasteiger charge is -2.08. The molecule has 0 aromatic carbocycles. The third-order valence-electron chi connectivity index (χ3n) is 2.23. The minimum Gasteiger partial charge on any atom is -0.481 e. The zero-order chi connectivity index (χ0) is 13.1. The predicted octanol–water partition coefficient (Wildman–Crippen LogP) is 2.71. The Morgan fingerprint density at radius 3 is 3.00 bits per heavy atom. The number of hydrogen-bond donors (Lipinski definition) is 2. The van der Waals surface area contributed by atoms with Crippen LogP contribution in [0.4, 0.5) is 5.13 Å². The molecule has 18 heavy (non-hydrogen) atoms. The van der Waals surface area contributed by atoms with Crippen LogP contribution in [-0.4, -0.2) is 21.0 Å². The summed E-state index contributed by atoms with van der Waals surface area (Å²) in [4.78, 5) is 20.3. The first-order valence-electron chi connectivity index (χ1n) is 5.39. The summed E-state index contributed by atoms with van der Waals surface area (Å²) >= 11 is 3.05. The Morgan fingerprint density at radius 1 is 1.61 bits per heavy atom. The largest absolute Gasteiger partial charge is 0.481 e. The molecule has 96 valence electrons. The van der Waals surface area contributed by atoms with E-state index in [1.807, 2.05) is 20.0 Å². The Morgan fingerprint density at radius 2 is 2.39 bits per heavy atom. The zero-order valence-electron chi connectivity index (χ0n) is 10.0. The molecule has 0 saturated heterocycles. The van der Waals surface area contributed by atoms with Gasteiger partial charge in [-0.3, -0.25) is 4.79 Å². The number of hydrogen-bond acceptors (Lipinski definition) is 6. The zero-order valence-corrected chi connectivity index (χ0v) is 11.6. The van der Waals surface area contributed by atoms with E-state index in [0.29, 0.717) is 5.69 Å². The minimum absolute atomic E-state index is 0.0388. The van der Waals surface area contributed by atoms with E-state index in [-0.39, 0.29) is 12.5 Å². The van der Waals surface area contributed by atoms with Crippen molar-refractivity contribution in [2.45, 2.75) is 26.3 Å². The molecule has 5 nitrogen and oxygen atoms in total. The van der Waals surface area contributed by atoms with Crippen LogP contribution < -0.4 is 5.32 Å². The normalized spacial score (nSPS) is 12.3. The van der Waals surface area contributed by atoms with Gasteiger partial charge in [-0.25, -0.2) is 9.97 Å². The van der Waals surface area contributed by atoms with Crippen molar-refractivity contribution in [3.8, 4) is 0 Å². The summed E-state index contributed by atoms with van der Waals surface area (Å²) in [5, 5.41) is 15.4. The quantitative estimate of drug-likeness (QED) is 0.882. The number of aryl methyl sites for hydroxylation is 1. The molecule has 2 aromatic rings. The Kier molecular flexibility index (Phi) is 3.93. The van der Waals surface area contributed by atoms with Gasteiger partial charge in [0.05, 0.1) is 18.2 Å². The average molecular weight is 283 g/mol. The first-order valence-corrected chi connectivity index (χ1v) is 7.09. The highest BCUT2D eigenvalue weighted by Crippen LogP contribution is 2.25. The Labute approximate surface area is 113 Å². The molecule has 7 heteroatoms. The Hall–Kier alpha value is -1.47. The maximum absolute atomic E-state index is 10.6. The first kappa shape index (κ1) is 13.0. The van der Waals surface area contributed by atoms with Crippen LogP contribution >= 0.6 is 22.7 Å². The number of aromatic nitrogens is 2. The molecular weight excluding hydrogens is 270 g/mol. The van der Waals surface area contributed by atoms with Crippen LogP contribution in [0.5, 0.6) is 0 Å². The summed E-state index contributed by atoms with van der Waals surface area (Å²) < 4.78 is 0. The van der Waals surface area contributed by atoms with Gasteiger partial charge in [0.1, 0.15) is 5.01 Å². The van der Waals surface area contributed by atoms with E-state index >= 15 is 0 Å². The fraction of sp³-hybridized carbons (Fsp3) is 0.364. The predicted molar refractivity (Wildman–Crippen MR) is 72.3 cm³/mol. The SMILES string of the molecule is Cc1cnc(C(C)Nc2nc(CC(=O)O)cs2)s1. The summed E-state index contributed by atoms with van der Waals surface area (Å²) in [7, 11) is 0. The van der Waals surface area contributed by atoms with Crippen LogP contribution in [0.3, 0.4) is 0 Å². The molecule has 0 aliphatic heterocycles. The van der Waals surface area contributed by atoms with E-state index < -0.39 is 5.97 Å². The highest BCUT2D eigenvalue weighted by Gasteiger charge is 2.12. The number of carboxylic acids is 1. The van der Waals surface area contributed by atoms with Gasteiger partial charge in [-0.05, 0) is 13.8 Å². The van der Waals surface area contributed by atoms with E-state index in [1.165, 1.54) is 16.2 Å². The third-order valence-corrected chi connectivity index (χ3v) is 4.15. The number of rotatable bonds is 5. The maximum atomic E-state index is 10.6.